The summed E-state index contributed by atoms with van der Waals surface area (Å²) < 4.78 is 5.31. The number of nitrogens with one attached hydrogen (secondary N) is 2. The van der Waals surface area contributed by atoms with Gasteiger partial charge in [-0.15, -0.1) is 0 Å². The first-order valence-electron chi connectivity index (χ1n) is 9.16. The van der Waals surface area contributed by atoms with Crippen LogP contribution in [0.1, 0.15) is 26.0 Å². The molecule has 27 heavy (non-hydrogen) atoms. The highest BCUT2D eigenvalue weighted by molar-refractivity contribution is 6.32. The van der Waals surface area contributed by atoms with Gasteiger partial charge < -0.3 is 25.1 Å². The minimum absolute atomic E-state index is 0.193. The standard InChI is InChI=1S/C19H26ClN5O2/c1-3-21-18(23-13-19(2,26)16-7-5-11-27-16)24-14-8-10-25(12-14)17-15(20)6-4-9-22-17/h4-7,9,11,14,26H,3,8,10,12-13H2,1-2H3,(H2,21,23,24). The van der Waals surface area contributed by atoms with Gasteiger partial charge in [0.05, 0.1) is 17.8 Å². The highest BCUT2D eigenvalue weighted by Gasteiger charge is 2.28. The van der Waals surface area contributed by atoms with Crippen LogP contribution in [-0.2, 0) is 5.60 Å². The SMILES string of the molecule is CCNC(=NCC(C)(O)c1ccco1)NC1CCN(c2ncccc2Cl)C1. The number of hydrogen-bond donors (Lipinski definition) is 3. The summed E-state index contributed by atoms with van der Waals surface area (Å²) in [4.78, 5) is 11.1. The summed E-state index contributed by atoms with van der Waals surface area (Å²) in [5.74, 6) is 1.98. The maximum absolute atomic E-state index is 10.6. The van der Waals surface area contributed by atoms with Gasteiger partial charge in [-0.1, -0.05) is 11.6 Å². The van der Waals surface area contributed by atoms with Crippen LogP contribution in [-0.4, -0.2) is 48.3 Å². The van der Waals surface area contributed by atoms with Crippen molar-refractivity contribution in [2.24, 2.45) is 4.99 Å². The van der Waals surface area contributed by atoms with Gasteiger partial charge in [0.2, 0.25) is 0 Å². The van der Waals surface area contributed by atoms with Crippen LogP contribution in [0.4, 0.5) is 5.82 Å². The van der Waals surface area contributed by atoms with E-state index >= 15 is 0 Å². The fourth-order valence-corrected chi connectivity index (χ4v) is 3.33. The number of guanidine groups is 1. The van der Waals surface area contributed by atoms with Gasteiger partial charge in [-0.3, -0.25) is 0 Å². The molecule has 0 aromatic carbocycles. The largest absolute Gasteiger partial charge is 0.466 e. The van der Waals surface area contributed by atoms with Crippen molar-refractivity contribution in [2.75, 3.05) is 31.1 Å². The fraction of sp³-hybridized carbons (Fsp3) is 0.474. The van der Waals surface area contributed by atoms with E-state index in [2.05, 4.69) is 25.5 Å². The molecule has 0 spiro atoms. The van der Waals surface area contributed by atoms with Gasteiger partial charge in [-0.25, -0.2) is 9.98 Å². The third-order valence-electron chi connectivity index (χ3n) is 4.51. The van der Waals surface area contributed by atoms with Crippen LogP contribution in [0.25, 0.3) is 0 Å². The van der Waals surface area contributed by atoms with Gasteiger partial charge >= 0.3 is 0 Å². The molecule has 0 bridgehead atoms. The highest BCUT2D eigenvalue weighted by atomic mass is 35.5. The van der Waals surface area contributed by atoms with Crippen molar-refractivity contribution in [1.82, 2.24) is 15.6 Å². The van der Waals surface area contributed by atoms with Crippen molar-refractivity contribution in [2.45, 2.75) is 31.9 Å². The summed E-state index contributed by atoms with van der Waals surface area (Å²) in [6, 6.07) is 7.41. The topological polar surface area (TPSA) is 85.9 Å². The Morgan fingerprint density at radius 3 is 3.04 bits per heavy atom. The van der Waals surface area contributed by atoms with Gasteiger partial charge in [0.15, 0.2) is 5.96 Å². The summed E-state index contributed by atoms with van der Waals surface area (Å²) >= 11 is 6.26. The van der Waals surface area contributed by atoms with Crippen molar-refractivity contribution in [1.29, 1.82) is 0 Å². The molecular formula is C19H26ClN5O2. The molecule has 2 unspecified atom stereocenters. The summed E-state index contributed by atoms with van der Waals surface area (Å²) in [6.45, 7) is 6.29. The molecule has 2 atom stereocenters. The van der Waals surface area contributed by atoms with Crippen LogP contribution >= 0.6 is 11.6 Å². The molecule has 0 radical (unpaired) electrons. The van der Waals surface area contributed by atoms with Crippen LogP contribution in [0, 0.1) is 0 Å². The van der Waals surface area contributed by atoms with Crippen LogP contribution in [0.5, 0.6) is 0 Å². The Morgan fingerprint density at radius 2 is 2.33 bits per heavy atom. The molecule has 0 saturated carbocycles. The van der Waals surface area contributed by atoms with Gasteiger partial charge in [0.1, 0.15) is 17.2 Å². The lowest BCUT2D eigenvalue weighted by Crippen LogP contribution is -2.45. The molecule has 1 saturated heterocycles. The van der Waals surface area contributed by atoms with Crippen molar-refractivity contribution in [3.63, 3.8) is 0 Å². The number of rotatable bonds is 6. The zero-order chi connectivity index (χ0) is 19.3. The number of aromatic nitrogens is 1. The van der Waals surface area contributed by atoms with E-state index in [9.17, 15) is 5.11 Å². The number of anilines is 1. The van der Waals surface area contributed by atoms with E-state index < -0.39 is 5.60 Å². The lowest BCUT2D eigenvalue weighted by molar-refractivity contribution is 0.0437. The van der Waals surface area contributed by atoms with Crippen molar-refractivity contribution < 1.29 is 9.52 Å². The molecule has 2 aromatic rings. The minimum atomic E-state index is -1.16. The normalized spacial score (nSPS) is 19.8. The average Bonchev–Trinajstić information content (AvgIpc) is 3.33. The molecule has 3 heterocycles. The smallest absolute Gasteiger partial charge is 0.191 e. The molecular weight excluding hydrogens is 366 g/mol. The van der Waals surface area contributed by atoms with Crippen LogP contribution in [0.15, 0.2) is 46.1 Å². The van der Waals surface area contributed by atoms with Gasteiger partial charge in [0, 0.05) is 31.9 Å². The zero-order valence-electron chi connectivity index (χ0n) is 15.7. The molecule has 0 aliphatic carbocycles. The predicted octanol–water partition coefficient (Wildman–Crippen LogP) is 2.37. The zero-order valence-corrected chi connectivity index (χ0v) is 16.4. The second-order valence-electron chi connectivity index (χ2n) is 6.83. The van der Waals surface area contributed by atoms with Crippen LogP contribution in [0.3, 0.4) is 0 Å². The number of hydrogen-bond acceptors (Lipinski definition) is 5. The first kappa shape index (κ1) is 19.5. The highest BCUT2D eigenvalue weighted by Crippen LogP contribution is 2.26. The Morgan fingerprint density at radius 1 is 1.48 bits per heavy atom. The number of pyridine rings is 1. The number of aliphatic imine (C=N–C) groups is 1. The quantitative estimate of drug-likeness (QED) is 0.517. The van der Waals surface area contributed by atoms with Crippen molar-refractivity contribution in [3.05, 3.63) is 47.5 Å². The Labute approximate surface area is 164 Å². The first-order valence-corrected chi connectivity index (χ1v) is 9.54. The predicted molar refractivity (Wildman–Crippen MR) is 107 cm³/mol. The maximum Gasteiger partial charge on any atom is 0.191 e. The van der Waals surface area contributed by atoms with E-state index in [1.54, 1.807) is 31.5 Å². The molecule has 1 fully saturated rings. The molecule has 146 valence electrons. The maximum atomic E-state index is 10.6. The van der Waals surface area contributed by atoms with Crippen molar-refractivity contribution >= 4 is 23.4 Å². The van der Waals surface area contributed by atoms with E-state index in [-0.39, 0.29) is 12.6 Å². The van der Waals surface area contributed by atoms with E-state index in [0.29, 0.717) is 16.7 Å². The summed E-state index contributed by atoms with van der Waals surface area (Å²) in [5, 5.41) is 17.9. The number of halogens is 1. The fourth-order valence-electron chi connectivity index (χ4n) is 3.09. The van der Waals surface area contributed by atoms with E-state index in [4.69, 9.17) is 16.0 Å². The third-order valence-corrected chi connectivity index (χ3v) is 4.80. The third kappa shape index (κ3) is 4.93. The van der Waals surface area contributed by atoms with E-state index in [1.807, 2.05) is 19.1 Å². The number of aliphatic hydroxyl groups is 1. The summed E-state index contributed by atoms with van der Waals surface area (Å²) in [5.41, 5.74) is -1.16. The molecule has 1 aliphatic heterocycles. The summed E-state index contributed by atoms with van der Waals surface area (Å²) in [7, 11) is 0. The Balaban J connectivity index is 1.62. The molecule has 7 nitrogen and oxygen atoms in total. The number of nitrogens with zero attached hydrogens (tertiary/aromatic N) is 3. The number of furan rings is 1. The van der Waals surface area contributed by atoms with Crippen molar-refractivity contribution in [3.8, 4) is 0 Å². The van der Waals surface area contributed by atoms with Gasteiger partial charge in [0.25, 0.3) is 0 Å². The molecule has 8 heteroatoms. The van der Waals surface area contributed by atoms with Crippen LogP contribution < -0.4 is 15.5 Å². The average molecular weight is 392 g/mol. The Kier molecular flexibility index (Phi) is 6.23. The molecule has 0 amide bonds. The van der Waals surface area contributed by atoms with Gasteiger partial charge in [-0.05, 0) is 44.5 Å². The molecule has 3 N–H and O–H groups in total. The minimum Gasteiger partial charge on any atom is -0.466 e. The monoisotopic (exact) mass is 391 g/mol. The molecule has 1 aliphatic rings. The van der Waals surface area contributed by atoms with E-state index in [0.717, 1.165) is 31.9 Å². The summed E-state index contributed by atoms with van der Waals surface area (Å²) in [6.07, 6.45) is 4.25. The van der Waals surface area contributed by atoms with Gasteiger partial charge in [-0.2, -0.15) is 0 Å². The first-order chi connectivity index (χ1) is 13.0. The van der Waals surface area contributed by atoms with Crippen LogP contribution in [0.2, 0.25) is 5.02 Å². The molecule has 2 aromatic heterocycles. The Bertz CT molecular complexity index is 763. The Hall–Kier alpha value is -2.25. The lowest BCUT2D eigenvalue weighted by Gasteiger charge is -2.22. The second kappa shape index (κ2) is 8.63. The molecule has 3 rings (SSSR count). The second-order valence-corrected chi connectivity index (χ2v) is 7.24. The lowest BCUT2D eigenvalue weighted by atomic mass is 10.0. The van der Waals surface area contributed by atoms with E-state index in [1.165, 1.54) is 0 Å².